The molecule has 1 aromatic carbocycles. The number of aromatic nitrogens is 2. The lowest BCUT2D eigenvalue weighted by atomic mass is 10.1. The van der Waals surface area contributed by atoms with Crippen LogP contribution in [0.5, 0.6) is 0 Å². The molecule has 2 rings (SSSR count). The number of aryl methyl sites for hydroxylation is 1. The predicted octanol–water partition coefficient (Wildman–Crippen LogP) is 2.15. The average molecular weight is 240 g/mol. The summed E-state index contributed by atoms with van der Waals surface area (Å²) in [7, 11) is 0. The van der Waals surface area contributed by atoms with E-state index in [1.54, 1.807) is 24.3 Å². The van der Waals surface area contributed by atoms with Crippen LogP contribution in [-0.2, 0) is 0 Å². The molecular weight excluding hydrogens is 228 g/mol. The highest BCUT2D eigenvalue weighted by molar-refractivity contribution is 6.04. The van der Waals surface area contributed by atoms with Crippen LogP contribution in [-0.4, -0.2) is 16.1 Å². The van der Waals surface area contributed by atoms with Gasteiger partial charge >= 0.3 is 0 Å². The van der Waals surface area contributed by atoms with Crippen molar-refractivity contribution >= 4 is 11.6 Å². The normalized spacial score (nSPS) is 9.83. The highest BCUT2D eigenvalue weighted by atomic mass is 16.1. The smallest absolute Gasteiger partial charge is 0.276 e. The Morgan fingerprint density at radius 3 is 2.72 bits per heavy atom. The molecule has 0 aliphatic rings. The standard InChI is InChI=1S/C13H12N4O/c1-8-9(2)16-17-12(8)13(18)15-11-6-4-3-5-10(11)7-14/h3-6H,1-2H3,(H,15,18)(H,16,17). The number of hydrogen-bond acceptors (Lipinski definition) is 3. The van der Waals surface area contributed by atoms with Crippen LogP contribution in [0.15, 0.2) is 24.3 Å². The van der Waals surface area contributed by atoms with Crippen LogP contribution in [0.25, 0.3) is 0 Å². The molecule has 0 bridgehead atoms. The van der Waals surface area contributed by atoms with Crippen molar-refractivity contribution in [2.45, 2.75) is 13.8 Å². The first-order valence-electron chi connectivity index (χ1n) is 5.45. The van der Waals surface area contributed by atoms with Crippen molar-refractivity contribution in [3.05, 3.63) is 46.8 Å². The minimum absolute atomic E-state index is 0.320. The minimum Gasteiger partial charge on any atom is -0.319 e. The quantitative estimate of drug-likeness (QED) is 0.843. The molecule has 0 radical (unpaired) electrons. The monoisotopic (exact) mass is 240 g/mol. The fourth-order valence-corrected chi connectivity index (χ4v) is 1.58. The number of nitriles is 1. The molecule has 0 atom stereocenters. The highest BCUT2D eigenvalue weighted by Crippen LogP contribution is 2.16. The van der Waals surface area contributed by atoms with Gasteiger partial charge < -0.3 is 5.32 Å². The minimum atomic E-state index is -0.320. The molecule has 1 aromatic heterocycles. The topological polar surface area (TPSA) is 81.6 Å². The number of benzene rings is 1. The summed E-state index contributed by atoms with van der Waals surface area (Å²) in [4.78, 5) is 12.0. The number of carbonyl (C=O) groups excluding carboxylic acids is 1. The number of amides is 1. The van der Waals surface area contributed by atoms with Gasteiger partial charge in [0.2, 0.25) is 0 Å². The lowest BCUT2D eigenvalue weighted by molar-refractivity contribution is 0.102. The first kappa shape index (κ1) is 11.9. The van der Waals surface area contributed by atoms with Crippen molar-refractivity contribution in [1.82, 2.24) is 10.2 Å². The second-order valence-electron chi connectivity index (χ2n) is 3.93. The Bertz CT molecular complexity index is 637. The van der Waals surface area contributed by atoms with Gasteiger partial charge in [0.25, 0.3) is 5.91 Å². The number of anilines is 1. The number of carbonyl (C=O) groups is 1. The van der Waals surface area contributed by atoms with Crippen molar-refractivity contribution in [2.75, 3.05) is 5.32 Å². The van der Waals surface area contributed by atoms with Gasteiger partial charge in [0.1, 0.15) is 6.07 Å². The summed E-state index contributed by atoms with van der Waals surface area (Å²) in [5.74, 6) is -0.320. The van der Waals surface area contributed by atoms with E-state index in [4.69, 9.17) is 5.26 Å². The van der Waals surface area contributed by atoms with E-state index in [1.165, 1.54) is 0 Å². The fourth-order valence-electron chi connectivity index (χ4n) is 1.58. The highest BCUT2D eigenvalue weighted by Gasteiger charge is 2.15. The molecule has 0 aliphatic heterocycles. The molecule has 0 aliphatic carbocycles. The fraction of sp³-hybridized carbons (Fsp3) is 0.154. The molecule has 1 heterocycles. The van der Waals surface area contributed by atoms with Gasteiger partial charge in [-0.05, 0) is 26.0 Å². The summed E-state index contributed by atoms with van der Waals surface area (Å²) in [5, 5.41) is 18.3. The molecule has 90 valence electrons. The van der Waals surface area contributed by atoms with E-state index in [2.05, 4.69) is 15.5 Å². The van der Waals surface area contributed by atoms with Gasteiger partial charge in [-0.2, -0.15) is 10.4 Å². The van der Waals surface area contributed by atoms with E-state index < -0.39 is 0 Å². The van der Waals surface area contributed by atoms with Crippen molar-refractivity contribution < 1.29 is 4.79 Å². The van der Waals surface area contributed by atoms with Gasteiger partial charge in [-0.25, -0.2) is 0 Å². The van der Waals surface area contributed by atoms with Crippen LogP contribution >= 0.6 is 0 Å². The zero-order chi connectivity index (χ0) is 13.1. The summed E-state index contributed by atoms with van der Waals surface area (Å²) in [6.07, 6.45) is 0. The van der Waals surface area contributed by atoms with Crippen LogP contribution < -0.4 is 5.32 Å². The van der Waals surface area contributed by atoms with E-state index in [-0.39, 0.29) is 5.91 Å². The maximum Gasteiger partial charge on any atom is 0.276 e. The van der Waals surface area contributed by atoms with Gasteiger partial charge in [0, 0.05) is 11.3 Å². The van der Waals surface area contributed by atoms with Gasteiger partial charge in [-0.15, -0.1) is 0 Å². The Balaban J connectivity index is 2.28. The third kappa shape index (κ3) is 2.09. The number of nitrogens with one attached hydrogen (secondary N) is 2. The third-order valence-corrected chi connectivity index (χ3v) is 2.76. The van der Waals surface area contributed by atoms with Crippen LogP contribution in [0.4, 0.5) is 5.69 Å². The number of rotatable bonds is 2. The molecule has 18 heavy (non-hydrogen) atoms. The van der Waals surface area contributed by atoms with Crippen LogP contribution in [0.3, 0.4) is 0 Å². The van der Waals surface area contributed by atoms with Gasteiger partial charge in [0.05, 0.1) is 11.3 Å². The Kier molecular flexibility index (Phi) is 3.11. The van der Waals surface area contributed by atoms with E-state index >= 15 is 0 Å². The van der Waals surface area contributed by atoms with Crippen LogP contribution in [0.2, 0.25) is 0 Å². The Morgan fingerprint density at radius 1 is 1.39 bits per heavy atom. The Morgan fingerprint density at radius 2 is 2.11 bits per heavy atom. The first-order chi connectivity index (χ1) is 8.63. The molecule has 5 heteroatoms. The van der Waals surface area contributed by atoms with E-state index in [0.717, 1.165) is 11.3 Å². The largest absolute Gasteiger partial charge is 0.319 e. The molecule has 0 fully saturated rings. The maximum atomic E-state index is 12.0. The Labute approximate surface area is 104 Å². The third-order valence-electron chi connectivity index (χ3n) is 2.76. The molecular formula is C13H12N4O. The molecule has 0 spiro atoms. The molecule has 2 aromatic rings. The van der Waals surface area contributed by atoms with Gasteiger partial charge in [-0.3, -0.25) is 9.89 Å². The molecule has 5 nitrogen and oxygen atoms in total. The number of H-pyrrole nitrogens is 1. The van der Waals surface area contributed by atoms with Crippen molar-refractivity contribution in [3.63, 3.8) is 0 Å². The first-order valence-corrected chi connectivity index (χ1v) is 5.45. The molecule has 0 unspecified atom stereocenters. The van der Waals surface area contributed by atoms with E-state index in [9.17, 15) is 4.79 Å². The van der Waals surface area contributed by atoms with Crippen LogP contribution in [0.1, 0.15) is 27.3 Å². The number of hydrogen-bond donors (Lipinski definition) is 2. The SMILES string of the molecule is Cc1[nH]nc(C(=O)Nc2ccccc2C#N)c1C. The lowest BCUT2D eigenvalue weighted by Crippen LogP contribution is -2.14. The zero-order valence-electron chi connectivity index (χ0n) is 10.1. The van der Waals surface area contributed by atoms with E-state index in [1.807, 2.05) is 19.9 Å². The number of para-hydroxylation sites is 1. The summed E-state index contributed by atoms with van der Waals surface area (Å²) in [5.41, 5.74) is 2.93. The second kappa shape index (κ2) is 4.72. The van der Waals surface area contributed by atoms with Gasteiger partial charge in [-0.1, -0.05) is 12.1 Å². The molecule has 0 saturated carbocycles. The average Bonchev–Trinajstić information content (AvgIpc) is 2.71. The van der Waals surface area contributed by atoms with Crippen molar-refractivity contribution in [1.29, 1.82) is 5.26 Å². The number of nitrogens with zero attached hydrogens (tertiary/aromatic N) is 2. The number of aromatic amines is 1. The molecule has 2 N–H and O–H groups in total. The summed E-state index contributed by atoms with van der Waals surface area (Å²) >= 11 is 0. The summed E-state index contributed by atoms with van der Waals surface area (Å²) in [6.45, 7) is 3.67. The zero-order valence-corrected chi connectivity index (χ0v) is 10.1. The van der Waals surface area contributed by atoms with Gasteiger partial charge in [0.15, 0.2) is 5.69 Å². The predicted molar refractivity (Wildman–Crippen MR) is 67.2 cm³/mol. The van der Waals surface area contributed by atoms with Crippen molar-refractivity contribution in [2.24, 2.45) is 0 Å². The summed E-state index contributed by atoms with van der Waals surface area (Å²) < 4.78 is 0. The molecule has 0 saturated heterocycles. The van der Waals surface area contributed by atoms with E-state index in [0.29, 0.717) is 16.9 Å². The summed E-state index contributed by atoms with van der Waals surface area (Å²) in [6, 6.07) is 8.88. The Hall–Kier alpha value is -2.61. The second-order valence-corrected chi connectivity index (χ2v) is 3.93. The maximum absolute atomic E-state index is 12.0. The molecule has 1 amide bonds. The van der Waals surface area contributed by atoms with Crippen LogP contribution in [0, 0.1) is 25.2 Å². The van der Waals surface area contributed by atoms with Crippen molar-refractivity contribution in [3.8, 4) is 6.07 Å². The lowest BCUT2D eigenvalue weighted by Gasteiger charge is -2.05.